The predicted molar refractivity (Wildman–Crippen MR) is 157 cm³/mol. The number of nitrogens with zero attached hydrogens (tertiary/aromatic N) is 3. The molecule has 5 rings (SSSR count). The second-order valence-electron chi connectivity index (χ2n) is 10.0. The third-order valence-electron chi connectivity index (χ3n) is 7.12. The van der Waals surface area contributed by atoms with Gasteiger partial charge in [-0.15, -0.1) is 0 Å². The number of aliphatic hydroxyl groups excluding tert-OH is 1. The van der Waals surface area contributed by atoms with Crippen LogP contribution in [0.3, 0.4) is 0 Å². The molecule has 1 atom stereocenters. The number of hydrogen-bond donors (Lipinski definition) is 1. The summed E-state index contributed by atoms with van der Waals surface area (Å²) in [4.78, 5) is 4.87. The summed E-state index contributed by atoms with van der Waals surface area (Å²) in [6, 6.07) is 31.3. The van der Waals surface area contributed by atoms with Crippen LogP contribution >= 0.6 is 0 Å². The number of aromatic nitrogens is 1. The second kappa shape index (κ2) is 14.1. The molecule has 0 radical (unpaired) electrons. The molecular formula is C33H37N3O4. The third kappa shape index (κ3) is 7.46. The molecule has 1 aromatic heterocycles. The third-order valence-corrected chi connectivity index (χ3v) is 7.12. The summed E-state index contributed by atoms with van der Waals surface area (Å²) in [6.45, 7) is 4.85. The van der Waals surface area contributed by atoms with Gasteiger partial charge in [-0.3, -0.25) is 9.80 Å². The summed E-state index contributed by atoms with van der Waals surface area (Å²) < 4.78 is 16.4. The van der Waals surface area contributed by atoms with Gasteiger partial charge in [0, 0.05) is 51.5 Å². The zero-order chi connectivity index (χ0) is 27.6. The summed E-state index contributed by atoms with van der Waals surface area (Å²) in [7, 11) is 1.62. The Kier molecular flexibility index (Phi) is 9.77. The minimum Gasteiger partial charge on any atom is -0.490 e. The number of aliphatic hydroxyl groups is 1. The molecule has 0 saturated carbocycles. The van der Waals surface area contributed by atoms with Crippen molar-refractivity contribution >= 4 is 12.2 Å². The lowest BCUT2D eigenvalue weighted by Gasteiger charge is -2.40. The molecule has 0 spiro atoms. The SMILES string of the molecule is COCc1cc(/C=C/c2ccccc2OCC(O)CN2CCN(C(c3ccccc3)c3ccccc3)CC2)no1. The highest BCUT2D eigenvalue weighted by molar-refractivity contribution is 5.71. The number of rotatable bonds is 12. The first-order chi connectivity index (χ1) is 19.7. The van der Waals surface area contributed by atoms with Gasteiger partial charge in [-0.2, -0.15) is 0 Å². The fourth-order valence-corrected chi connectivity index (χ4v) is 5.17. The maximum atomic E-state index is 10.8. The molecule has 7 heteroatoms. The van der Waals surface area contributed by atoms with Crippen LogP contribution in [-0.4, -0.2) is 72.6 Å². The van der Waals surface area contributed by atoms with Crippen molar-refractivity contribution in [2.24, 2.45) is 0 Å². The standard InChI is InChI=1S/C33H37N3O4/c1-38-25-31-22-29(34-40-31)17-16-26-10-8-9-15-32(26)39-24-30(37)23-35-18-20-36(21-19-35)33(27-11-4-2-5-12-27)28-13-6-3-7-14-28/h2-17,22,30,33,37H,18-21,23-25H2,1H3/b17-16+. The average molecular weight is 540 g/mol. The molecular weight excluding hydrogens is 502 g/mol. The van der Waals surface area contributed by atoms with Crippen molar-refractivity contribution in [1.29, 1.82) is 0 Å². The van der Waals surface area contributed by atoms with Gasteiger partial charge in [-0.05, 0) is 29.3 Å². The van der Waals surface area contributed by atoms with Crippen LogP contribution in [0.15, 0.2) is 95.5 Å². The van der Waals surface area contributed by atoms with E-state index in [1.807, 2.05) is 42.5 Å². The maximum Gasteiger partial charge on any atom is 0.162 e. The van der Waals surface area contributed by atoms with Crippen molar-refractivity contribution in [2.75, 3.05) is 46.4 Å². The van der Waals surface area contributed by atoms with E-state index in [4.69, 9.17) is 14.0 Å². The lowest BCUT2D eigenvalue weighted by Crippen LogP contribution is -2.50. The number of hydrogen-bond acceptors (Lipinski definition) is 7. The molecule has 0 bridgehead atoms. The fourth-order valence-electron chi connectivity index (χ4n) is 5.17. The minimum absolute atomic E-state index is 0.226. The van der Waals surface area contributed by atoms with E-state index in [2.05, 4.69) is 75.6 Å². The Morgan fingerprint density at radius 2 is 1.52 bits per heavy atom. The van der Waals surface area contributed by atoms with Crippen LogP contribution in [0.4, 0.5) is 0 Å². The monoisotopic (exact) mass is 539 g/mol. The molecule has 40 heavy (non-hydrogen) atoms. The lowest BCUT2D eigenvalue weighted by molar-refractivity contribution is 0.0400. The first-order valence-electron chi connectivity index (χ1n) is 13.8. The molecule has 2 heterocycles. The molecule has 7 nitrogen and oxygen atoms in total. The van der Waals surface area contributed by atoms with Gasteiger partial charge < -0.3 is 19.1 Å². The molecule has 4 aromatic rings. The Labute approximate surface area is 236 Å². The zero-order valence-electron chi connectivity index (χ0n) is 22.9. The highest BCUT2D eigenvalue weighted by Crippen LogP contribution is 2.29. The van der Waals surface area contributed by atoms with E-state index in [1.54, 1.807) is 7.11 Å². The van der Waals surface area contributed by atoms with E-state index in [0.29, 0.717) is 24.6 Å². The predicted octanol–water partition coefficient (Wildman–Crippen LogP) is 5.14. The molecule has 1 aliphatic heterocycles. The largest absolute Gasteiger partial charge is 0.490 e. The smallest absolute Gasteiger partial charge is 0.162 e. The first kappa shape index (κ1) is 27.8. The Hall–Kier alpha value is -3.75. The van der Waals surface area contributed by atoms with Gasteiger partial charge in [0.25, 0.3) is 0 Å². The Balaban J connectivity index is 1.13. The Morgan fingerprint density at radius 3 is 2.20 bits per heavy atom. The van der Waals surface area contributed by atoms with Gasteiger partial charge in [-0.1, -0.05) is 84.0 Å². The quantitative estimate of drug-likeness (QED) is 0.267. The van der Waals surface area contributed by atoms with Crippen LogP contribution in [0, 0.1) is 0 Å². The number of benzene rings is 3. The normalized spacial score (nSPS) is 15.6. The van der Waals surface area contributed by atoms with Crippen molar-refractivity contribution in [1.82, 2.24) is 15.0 Å². The highest BCUT2D eigenvalue weighted by Gasteiger charge is 2.27. The zero-order valence-corrected chi connectivity index (χ0v) is 22.9. The van der Waals surface area contributed by atoms with Crippen LogP contribution in [0.2, 0.25) is 0 Å². The number of piperazine rings is 1. The van der Waals surface area contributed by atoms with E-state index >= 15 is 0 Å². The van der Waals surface area contributed by atoms with Gasteiger partial charge in [0.15, 0.2) is 5.76 Å². The maximum absolute atomic E-state index is 10.8. The molecule has 3 aromatic carbocycles. The van der Waals surface area contributed by atoms with Gasteiger partial charge in [0.1, 0.15) is 30.8 Å². The number of para-hydroxylation sites is 1. The summed E-state index contributed by atoms with van der Waals surface area (Å²) in [5.41, 5.74) is 4.24. The first-order valence-corrected chi connectivity index (χ1v) is 13.8. The van der Waals surface area contributed by atoms with Gasteiger partial charge in [0.05, 0.1) is 6.04 Å². The molecule has 1 unspecified atom stereocenters. The average Bonchev–Trinajstić information content (AvgIpc) is 3.45. The summed E-state index contributed by atoms with van der Waals surface area (Å²) in [6.07, 6.45) is 3.22. The van der Waals surface area contributed by atoms with E-state index in [0.717, 1.165) is 37.5 Å². The van der Waals surface area contributed by atoms with E-state index in [9.17, 15) is 5.11 Å². The highest BCUT2D eigenvalue weighted by atomic mass is 16.5. The molecule has 1 fully saturated rings. The van der Waals surface area contributed by atoms with Crippen molar-refractivity contribution in [3.63, 3.8) is 0 Å². The number of methoxy groups -OCH3 is 1. The second-order valence-corrected chi connectivity index (χ2v) is 10.0. The van der Waals surface area contributed by atoms with E-state index in [1.165, 1.54) is 11.1 Å². The fraction of sp³-hybridized carbons (Fsp3) is 0.303. The summed E-state index contributed by atoms with van der Waals surface area (Å²) in [5, 5.41) is 14.9. The Bertz CT molecular complexity index is 1290. The summed E-state index contributed by atoms with van der Waals surface area (Å²) in [5.74, 6) is 1.39. The summed E-state index contributed by atoms with van der Waals surface area (Å²) >= 11 is 0. The number of β-amino-alcohol motifs (C(OH)–C–C–N with tert-alkyl or cyclic N) is 1. The molecule has 1 N–H and O–H groups in total. The van der Waals surface area contributed by atoms with Crippen LogP contribution in [-0.2, 0) is 11.3 Å². The van der Waals surface area contributed by atoms with E-state index in [-0.39, 0.29) is 12.6 Å². The molecule has 208 valence electrons. The molecule has 1 aliphatic rings. The van der Waals surface area contributed by atoms with Crippen molar-refractivity contribution < 1.29 is 19.1 Å². The van der Waals surface area contributed by atoms with Crippen LogP contribution in [0.25, 0.3) is 12.2 Å². The van der Waals surface area contributed by atoms with Crippen molar-refractivity contribution in [3.8, 4) is 5.75 Å². The van der Waals surface area contributed by atoms with Crippen molar-refractivity contribution in [2.45, 2.75) is 18.8 Å². The molecule has 0 amide bonds. The van der Waals surface area contributed by atoms with Gasteiger partial charge >= 0.3 is 0 Å². The Morgan fingerprint density at radius 1 is 0.875 bits per heavy atom. The molecule has 0 aliphatic carbocycles. The van der Waals surface area contributed by atoms with Crippen LogP contribution in [0.1, 0.15) is 34.2 Å². The van der Waals surface area contributed by atoms with Crippen LogP contribution < -0.4 is 4.74 Å². The topological polar surface area (TPSA) is 71.2 Å². The van der Waals surface area contributed by atoms with Gasteiger partial charge in [-0.25, -0.2) is 0 Å². The van der Waals surface area contributed by atoms with Crippen LogP contribution in [0.5, 0.6) is 5.75 Å². The van der Waals surface area contributed by atoms with Gasteiger partial charge in [0.2, 0.25) is 0 Å². The lowest BCUT2D eigenvalue weighted by atomic mass is 9.96. The van der Waals surface area contributed by atoms with E-state index < -0.39 is 6.10 Å². The number of ether oxygens (including phenoxy) is 2. The molecule has 1 saturated heterocycles. The minimum atomic E-state index is -0.588. The van der Waals surface area contributed by atoms with Crippen molar-refractivity contribution in [3.05, 3.63) is 119 Å².